The van der Waals surface area contributed by atoms with E-state index in [-0.39, 0.29) is 0 Å². The monoisotopic (exact) mass is 498 g/mol. The largest absolute Gasteiger partial charge is 0.0765 e. The lowest BCUT2D eigenvalue weighted by Gasteiger charge is -2.23. The molecule has 0 nitrogen and oxygen atoms in total. The van der Waals surface area contributed by atoms with E-state index in [0.717, 1.165) is 6.42 Å². The highest BCUT2D eigenvalue weighted by molar-refractivity contribution is 6.25. The number of hydrogen-bond acceptors (Lipinski definition) is 0. The highest BCUT2D eigenvalue weighted by Crippen LogP contribution is 2.44. The fourth-order valence-corrected chi connectivity index (χ4v) is 7.29. The SMILES string of the molecule is CC1=CCc2c(-c3cc(C)c(-c4ccc5ccc6cccc7ccc4c5c67)cc3C)ccc3ccc(C)c1c23. The molecule has 1 aliphatic rings. The number of aryl methyl sites for hydroxylation is 3. The Hall–Kier alpha value is -4.42. The van der Waals surface area contributed by atoms with Gasteiger partial charge >= 0.3 is 0 Å². The maximum Gasteiger partial charge on any atom is -0.00206 e. The number of benzene rings is 7. The van der Waals surface area contributed by atoms with Crippen LogP contribution >= 0.6 is 0 Å². The van der Waals surface area contributed by atoms with E-state index in [2.05, 4.69) is 125 Å². The molecular formula is C39H30. The Morgan fingerprint density at radius 2 is 1.03 bits per heavy atom. The van der Waals surface area contributed by atoms with Crippen LogP contribution in [-0.2, 0) is 6.42 Å². The van der Waals surface area contributed by atoms with Gasteiger partial charge in [0.1, 0.15) is 0 Å². The van der Waals surface area contributed by atoms with Crippen molar-refractivity contribution >= 4 is 48.7 Å². The molecule has 0 radical (unpaired) electrons. The molecule has 0 unspecified atom stereocenters. The molecule has 0 fully saturated rings. The quantitative estimate of drug-likeness (QED) is 0.208. The molecule has 186 valence electrons. The van der Waals surface area contributed by atoms with Crippen LogP contribution in [0.25, 0.3) is 70.9 Å². The Morgan fingerprint density at radius 3 is 1.77 bits per heavy atom. The third kappa shape index (κ3) is 3.12. The van der Waals surface area contributed by atoms with Gasteiger partial charge in [0.25, 0.3) is 0 Å². The standard InChI is InChI=1S/C39H30/c1-22-8-10-28-13-17-30(32-16-9-23(2)36(22)38(28)32)34-20-25(4)35(21-24(34)3)31-18-14-29-12-11-26-6-5-7-27-15-19-33(31)39(29)37(26)27/h5-15,17-21H,16H2,1-4H3. The van der Waals surface area contributed by atoms with Crippen LogP contribution < -0.4 is 0 Å². The van der Waals surface area contributed by atoms with Gasteiger partial charge in [-0.05, 0) is 133 Å². The van der Waals surface area contributed by atoms with Crippen LogP contribution in [0.1, 0.15) is 34.7 Å². The predicted molar refractivity (Wildman–Crippen MR) is 170 cm³/mol. The van der Waals surface area contributed by atoms with Crippen LogP contribution in [0.4, 0.5) is 0 Å². The zero-order valence-corrected chi connectivity index (χ0v) is 22.9. The summed E-state index contributed by atoms with van der Waals surface area (Å²) in [6.07, 6.45) is 3.40. The molecule has 7 aromatic carbocycles. The molecule has 0 heterocycles. The van der Waals surface area contributed by atoms with Crippen molar-refractivity contribution in [3.05, 3.63) is 125 Å². The Morgan fingerprint density at radius 1 is 0.462 bits per heavy atom. The van der Waals surface area contributed by atoms with E-state index in [1.807, 2.05) is 0 Å². The number of allylic oxidation sites excluding steroid dienone is 2. The fraction of sp³-hybridized carbons (Fsp3) is 0.128. The highest BCUT2D eigenvalue weighted by atomic mass is 14.2. The van der Waals surface area contributed by atoms with Gasteiger partial charge in [-0.15, -0.1) is 0 Å². The van der Waals surface area contributed by atoms with Gasteiger partial charge < -0.3 is 0 Å². The van der Waals surface area contributed by atoms with Crippen molar-refractivity contribution in [3.63, 3.8) is 0 Å². The molecule has 7 aromatic rings. The molecule has 0 aromatic heterocycles. The van der Waals surface area contributed by atoms with E-state index in [0.29, 0.717) is 0 Å². The average Bonchev–Trinajstić information content (AvgIpc) is 2.95. The first-order chi connectivity index (χ1) is 19.0. The summed E-state index contributed by atoms with van der Waals surface area (Å²) >= 11 is 0. The lowest BCUT2D eigenvalue weighted by molar-refractivity contribution is 1.25. The van der Waals surface area contributed by atoms with Crippen molar-refractivity contribution in [2.24, 2.45) is 0 Å². The van der Waals surface area contributed by atoms with Gasteiger partial charge in [0, 0.05) is 0 Å². The molecule has 0 atom stereocenters. The molecule has 0 N–H and O–H groups in total. The van der Waals surface area contributed by atoms with Crippen molar-refractivity contribution in [1.29, 1.82) is 0 Å². The molecule has 39 heavy (non-hydrogen) atoms. The van der Waals surface area contributed by atoms with Crippen LogP contribution in [0, 0.1) is 20.8 Å². The van der Waals surface area contributed by atoms with Crippen molar-refractivity contribution in [3.8, 4) is 22.3 Å². The molecule has 0 saturated heterocycles. The van der Waals surface area contributed by atoms with E-state index in [1.54, 1.807) is 0 Å². The molecule has 1 aliphatic carbocycles. The van der Waals surface area contributed by atoms with Gasteiger partial charge in [0.05, 0.1) is 0 Å². The van der Waals surface area contributed by atoms with Gasteiger partial charge in [0.2, 0.25) is 0 Å². The molecule has 0 saturated carbocycles. The van der Waals surface area contributed by atoms with Gasteiger partial charge in [0.15, 0.2) is 0 Å². The van der Waals surface area contributed by atoms with E-state index in [4.69, 9.17) is 0 Å². The first kappa shape index (κ1) is 22.6. The minimum atomic E-state index is 0.990. The summed E-state index contributed by atoms with van der Waals surface area (Å²) in [5.74, 6) is 0. The predicted octanol–water partition coefficient (Wildman–Crippen LogP) is 11.0. The van der Waals surface area contributed by atoms with Crippen molar-refractivity contribution in [2.45, 2.75) is 34.1 Å². The smallest absolute Gasteiger partial charge is 0.00206 e. The summed E-state index contributed by atoms with van der Waals surface area (Å²) in [6.45, 7) is 9.07. The summed E-state index contributed by atoms with van der Waals surface area (Å²) in [4.78, 5) is 0. The molecule has 0 bridgehead atoms. The van der Waals surface area contributed by atoms with Crippen LogP contribution in [0.2, 0.25) is 0 Å². The summed E-state index contributed by atoms with van der Waals surface area (Å²) in [6, 6.07) is 34.5. The van der Waals surface area contributed by atoms with Gasteiger partial charge in [-0.3, -0.25) is 0 Å². The van der Waals surface area contributed by atoms with E-state index >= 15 is 0 Å². The Balaban J connectivity index is 1.35. The van der Waals surface area contributed by atoms with Gasteiger partial charge in [-0.1, -0.05) is 97.1 Å². The summed E-state index contributed by atoms with van der Waals surface area (Å²) in [5, 5.41) is 10.8. The maximum atomic E-state index is 2.43. The number of hydrogen-bond donors (Lipinski definition) is 0. The average molecular weight is 499 g/mol. The second-order valence-corrected chi connectivity index (χ2v) is 11.5. The summed E-state index contributed by atoms with van der Waals surface area (Å²) in [7, 11) is 0. The Bertz CT molecular complexity index is 2150. The van der Waals surface area contributed by atoms with Crippen molar-refractivity contribution < 1.29 is 0 Å². The minimum absolute atomic E-state index is 0.990. The zero-order valence-electron chi connectivity index (χ0n) is 22.9. The van der Waals surface area contributed by atoms with E-state index in [9.17, 15) is 0 Å². The highest BCUT2D eigenvalue weighted by Gasteiger charge is 2.20. The molecular weight excluding hydrogens is 468 g/mol. The Labute approximate surface area is 229 Å². The van der Waals surface area contributed by atoms with Crippen LogP contribution in [-0.4, -0.2) is 0 Å². The number of rotatable bonds is 2. The first-order valence-corrected chi connectivity index (χ1v) is 14.0. The molecule has 0 spiro atoms. The van der Waals surface area contributed by atoms with E-state index in [1.165, 1.54) is 98.7 Å². The van der Waals surface area contributed by atoms with Gasteiger partial charge in [-0.25, -0.2) is 0 Å². The summed E-state index contributed by atoms with van der Waals surface area (Å²) < 4.78 is 0. The summed E-state index contributed by atoms with van der Waals surface area (Å²) in [5.41, 5.74) is 13.7. The second-order valence-electron chi connectivity index (χ2n) is 11.5. The maximum absolute atomic E-state index is 2.43. The minimum Gasteiger partial charge on any atom is -0.0765 e. The third-order valence-corrected chi connectivity index (χ3v) is 9.19. The second kappa shape index (κ2) is 8.04. The van der Waals surface area contributed by atoms with Crippen LogP contribution in [0.3, 0.4) is 0 Å². The lowest BCUT2D eigenvalue weighted by atomic mass is 9.81. The first-order valence-electron chi connectivity index (χ1n) is 14.0. The molecule has 0 aliphatic heterocycles. The van der Waals surface area contributed by atoms with Crippen molar-refractivity contribution in [1.82, 2.24) is 0 Å². The lowest BCUT2D eigenvalue weighted by Crippen LogP contribution is -2.02. The van der Waals surface area contributed by atoms with Crippen LogP contribution in [0.5, 0.6) is 0 Å². The topological polar surface area (TPSA) is 0 Å². The molecule has 8 rings (SSSR count). The fourth-order valence-electron chi connectivity index (χ4n) is 7.29. The van der Waals surface area contributed by atoms with E-state index < -0.39 is 0 Å². The third-order valence-electron chi connectivity index (χ3n) is 9.19. The van der Waals surface area contributed by atoms with Gasteiger partial charge in [-0.2, -0.15) is 0 Å². The van der Waals surface area contributed by atoms with Crippen molar-refractivity contribution in [2.75, 3.05) is 0 Å². The Kier molecular flexibility index (Phi) is 4.65. The zero-order chi connectivity index (χ0) is 26.4. The van der Waals surface area contributed by atoms with Crippen LogP contribution in [0.15, 0.2) is 97.1 Å². The molecule has 0 heteroatoms. The molecule has 0 amide bonds. The normalized spacial score (nSPS) is 13.2.